The van der Waals surface area contributed by atoms with E-state index in [9.17, 15) is 4.79 Å². The van der Waals surface area contributed by atoms with Gasteiger partial charge in [-0.3, -0.25) is 4.79 Å². The van der Waals surface area contributed by atoms with Crippen LogP contribution in [0.25, 0.3) is 0 Å². The maximum absolute atomic E-state index is 12.5. The Labute approximate surface area is 118 Å². The highest BCUT2D eigenvalue weighted by atomic mass is 16.2. The molecule has 0 spiro atoms. The maximum Gasteiger partial charge on any atom is 0.245 e. The Kier molecular flexibility index (Phi) is 3.29. The smallest absolute Gasteiger partial charge is 0.245 e. The highest BCUT2D eigenvalue weighted by Crippen LogP contribution is 2.29. The molecule has 0 saturated carbocycles. The van der Waals surface area contributed by atoms with Gasteiger partial charge in [-0.1, -0.05) is 24.3 Å². The van der Waals surface area contributed by atoms with E-state index in [1.54, 1.807) is 11.0 Å². The Hall–Kier alpha value is -2.12. The monoisotopic (exact) mass is 267 g/mol. The summed E-state index contributed by atoms with van der Waals surface area (Å²) in [7, 11) is 0. The molecule has 2 atom stereocenters. The number of nitriles is 1. The van der Waals surface area contributed by atoms with Crippen LogP contribution in [0.2, 0.25) is 0 Å². The third kappa shape index (κ3) is 2.00. The number of aryl methyl sites for hydroxylation is 1. The average molecular weight is 267 g/mol. The van der Waals surface area contributed by atoms with Crippen molar-refractivity contribution in [2.75, 3.05) is 6.54 Å². The van der Waals surface area contributed by atoms with Gasteiger partial charge in [0.15, 0.2) is 0 Å². The van der Waals surface area contributed by atoms with E-state index >= 15 is 0 Å². The van der Waals surface area contributed by atoms with Gasteiger partial charge in [-0.25, -0.2) is 0 Å². The van der Waals surface area contributed by atoms with Crippen LogP contribution < -0.4 is 5.73 Å². The SMILES string of the molecule is N#CC1C=CCN1C(=O)C(N)c1cccc2c1CCC2. The van der Waals surface area contributed by atoms with E-state index in [0.717, 1.165) is 24.8 Å². The largest absolute Gasteiger partial charge is 0.318 e. The molecule has 1 aliphatic heterocycles. The van der Waals surface area contributed by atoms with Gasteiger partial charge in [-0.2, -0.15) is 5.26 Å². The van der Waals surface area contributed by atoms with Crippen LogP contribution in [0.5, 0.6) is 0 Å². The van der Waals surface area contributed by atoms with Crippen LogP contribution in [0.3, 0.4) is 0 Å². The lowest BCUT2D eigenvalue weighted by molar-refractivity contribution is -0.132. The molecule has 2 unspecified atom stereocenters. The standard InChI is InChI=1S/C16H17N3O/c17-10-12-6-3-9-19(12)16(20)15(18)14-8-2-5-11-4-1-7-13(11)14/h2-3,5-6,8,12,15H,1,4,7,9,18H2. The maximum atomic E-state index is 12.5. The number of hydrogen-bond donors (Lipinski definition) is 1. The molecule has 0 fully saturated rings. The molecule has 1 aromatic carbocycles. The number of hydrogen-bond acceptors (Lipinski definition) is 3. The summed E-state index contributed by atoms with van der Waals surface area (Å²) >= 11 is 0. The van der Waals surface area contributed by atoms with Crippen LogP contribution in [0.4, 0.5) is 0 Å². The minimum Gasteiger partial charge on any atom is -0.318 e. The van der Waals surface area contributed by atoms with Crippen LogP contribution in [-0.2, 0) is 17.6 Å². The zero-order chi connectivity index (χ0) is 14.1. The van der Waals surface area contributed by atoms with Gasteiger partial charge in [0.2, 0.25) is 5.91 Å². The van der Waals surface area contributed by atoms with E-state index in [4.69, 9.17) is 11.0 Å². The summed E-state index contributed by atoms with van der Waals surface area (Å²) in [6, 6.07) is 6.99. The fourth-order valence-corrected chi connectivity index (χ4v) is 3.11. The molecule has 2 aliphatic rings. The molecule has 0 aromatic heterocycles. The van der Waals surface area contributed by atoms with Gasteiger partial charge in [0.25, 0.3) is 0 Å². The number of carbonyl (C=O) groups excluding carboxylic acids is 1. The van der Waals surface area contributed by atoms with E-state index in [2.05, 4.69) is 12.1 Å². The van der Waals surface area contributed by atoms with Crippen molar-refractivity contribution in [2.45, 2.75) is 31.3 Å². The predicted molar refractivity (Wildman–Crippen MR) is 75.6 cm³/mol. The van der Waals surface area contributed by atoms with Crippen molar-refractivity contribution < 1.29 is 4.79 Å². The van der Waals surface area contributed by atoms with Gasteiger partial charge in [-0.15, -0.1) is 0 Å². The summed E-state index contributed by atoms with van der Waals surface area (Å²) in [5.41, 5.74) is 9.64. The normalized spacial score (nSPS) is 21.6. The van der Waals surface area contributed by atoms with Crippen molar-refractivity contribution in [1.82, 2.24) is 4.90 Å². The number of nitrogens with zero attached hydrogens (tertiary/aromatic N) is 2. The molecule has 1 amide bonds. The van der Waals surface area contributed by atoms with E-state index < -0.39 is 12.1 Å². The van der Waals surface area contributed by atoms with Crippen molar-refractivity contribution >= 4 is 5.91 Å². The first-order valence-electron chi connectivity index (χ1n) is 6.95. The number of fused-ring (bicyclic) bond motifs is 1. The Morgan fingerprint density at radius 2 is 2.30 bits per heavy atom. The lowest BCUT2D eigenvalue weighted by Crippen LogP contribution is -2.41. The zero-order valence-electron chi connectivity index (χ0n) is 11.2. The van der Waals surface area contributed by atoms with Gasteiger partial charge in [0.05, 0.1) is 6.07 Å². The number of carbonyl (C=O) groups is 1. The van der Waals surface area contributed by atoms with Gasteiger partial charge < -0.3 is 10.6 Å². The second-order valence-electron chi connectivity index (χ2n) is 5.31. The molecule has 3 rings (SSSR count). The molecule has 1 aliphatic carbocycles. The average Bonchev–Trinajstić information content (AvgIpc) is 3.13. The molecule has 4 heteroatoms. The topological polar surface area (TPSA) is 70.1 Å². The fourth-order valence-electron chi connectivity index (χ4n) is 3.11. The van der Waals surface area contributed by atoms with E-state index in [0.29, 0.717) is 6.54 Å². The minimum atomic E-state index is -0.668. The minimum absolute atomic E-state index is 0.165. The molecule has 20 heavy (non-hydrogen) atoms. The molecule has 1 aromatic rings. The van der Waals surface area contributed by atoms with Crippen LogP contribution in [0, 0.1) is 11.3 Å². The van der Waals surface area contributed by atoms with Crippen molar-refractivity contribution in [3.8, 4) is 6.07 Å². The highest BCUT2D eigenvalue weighted by molar-refractivity contribution is 5.85. The number of amides is 1. The lowest BCUT2D eigenvalue weighted by atomic mass is 9.97. The Morgan fingerprint density at radius 1 is 1.45 bits per heavy atom. The van der Waals surface area contributed by atoms with Gasteiger partial charge >= 0.3 is 0 Å². The molecule has 0 radical (unpaired) electrons. The zero-order valence-corrected chi connectivity index (χ0v) is 11.2. The summed E-state index contributed by atoms with van der Waals surface area (Å²) in [5.74, 6) is -0.165. The number of rotatable bonds is 2. The molecule has 0 saturated heterocycles. The van der Waals surface area contributed by atoms with E-state index in [1.165, 1.54) is 11.1 Å². The third-order valence-electron chi connectivity index (χ3n) is 4.15. The number of nitrogens with two attached hydrogens (primary N) is 1. The summed E-state index contributed by atoms with van der Waals surface area (Å²) in [6.07, 6.45) is 6.77. The van der Waals surface area contributed by atoms with E-state index in [1.807, 2.05) is 18.2 Å². The second-order valence-corrected chi connectivity index (χ2v) is 5.31. The second kappa shape index (κ2) is 5.10. The van der Waals surface area contributed by atoms with Gasteiger partial charge in [-0.05, 0) is 42.0 Å². The first kappa shape index (κ1) is 12.9. The Balaban J connectivity index is 1.87. The predicted octanol–water partition coefficient (Wildman–Crippen LogP) is 1.47. The van der Waals surface area contributed by atoms with Gasteiger partial charge in [0, 0.05) is 6.54 Å². The summed E-state index contributed by atoms with van der Waals surface area (Å²) < 4.78 is 0. The molecular weight excluding hydrogens is 250 g/mol. The first-order valence-corrected chi connectivity index (χ1v) is 6.95. The van der Waals surface area contributed by atoms with Crippen molar-refractivity contribution in [3.63, 3.8) is 0 Å². The molecule has 1 heterocycles. The highest BCUT2D eigenvalue weighted by Gasteiger charge is 2.31. The van der Waals surface area contributed by atoms with Crippen molar-refractivity contribution in [2.24, 2.45) is 5.73 Å². The number of benzene rings is 1. The third-order valence-corrected chi connectivity index (χ3v) is 4.15. The molecule has 0 bridgehead atoms. The van der Waals surface area contributed by atoms with Crippen LogP contribution in [0.15, 0.2) is 30.4 Å². The molecule has 2 N–H and O–H groups in total. The Bertz CT molecular complexity index is 615. The Morgan fingerprint density at radius 3 is 3.10 bits per heavy atom. The summed E-state index contributed by atoms with van der Waals surface area (Å²) in [4.78, 5) is 14.1. The molecular formula is C16H17N3O. The summed E-state index contributed by atoms with van der Waals surface area (Å²) in [6.45, 7) is 0.472. The quantitative estimate of drug-likeness (QED) is 0.825. The fraction of sp³-hybridized carbons (Fsp3) is 0.375. The van der Waals surface area contributed by atoms with Crippen molar-refractivity contribution in [1.29, 1.82) is 5.26 Å². The summed E-state index contributed by atoms with van der Waals surface area (Å²) in [5, 5.41) is 9.06. The molecule has 102 valence electrons. The first-order chi connectivity index (χ1) is 9.72. The lowest BCUT2D eigenvalue weighted by Gasteiger charge is -2.24. The van der Waals surface area contributed by atoms with Crippen molar-refractivity contribution in [3.05, 3.63) is 47.0 Å². The van der Waals surface area contributed by atoms with Crippen LogP contribution >= 0.6 is 0 Å². The van der Waals surface area contributed by atoms with E-state index in [-0.39, 0.29) is 5.91 Å². The van der Waals surface area contributed by atoms with Gasteiger partial charge in [0.1, 0.15) is 12.1 Å². The van der Waals surface area contributed by atoms with Crippen LogP contribution in [0.1, 0.15) is 29.2 Å². The molecule has 4 nitrogen and oxygen atoms in total. The van der Waals surface area contributed by atoms with Crippen LogP contribution in [-0.4, -0.2) is 23.4 Å².